The topological polar surface area (TPSA) is 55.8 Å². The van der Waals surface area contributed by atoms with Crippen molar-refractivity contribution >= 4 is 5.97 Å². The van der Waals surface area contributed by atoms with Crippen LogP contribution in [-0.2, 0) is 16.0 Å². The van der Waals surface area contributed by atoms with Crippen LogP contribution in [0.1, 0.15) is 18.9 Å². The van der Waals surface area contributed by atoms with Gasteiger partial charge in [0.1, 0.15) is 11.5 Å². The summed E-state index contributed by atoms with van der Waals surface area (Å²) in [6.07, 6.45) is 0.277. The molecular weight excluding hydrogens is 246 g/mol. The first-order valence-electron chi connectivity index (χ1n) is 5.45. The Balaban J connectivity index is 2.71. The number of ether oxygens (including phenoxy) is 2. The Morgan fingerprint density at radius 3 is 2.78 bits per heavy atom. The molecule has 1 aromatic rings. The van der Waals surface area contributed by atoms with E-state index in [1.807, 2.05) is 0 Å². The molecule has 0 fully saturated rings. The van der Waals surface area contributed by atoms with E-state index in [0.717, 1.165) is 6.07 Å². The van der Waals surface area contributed by atoms with Crippen LogP contribution in [0.5, 0.6) is 11.5 Å². The van der Waals surface area contributed by atoms with Crippen molar-refractivity contribution in [3.63, 3.8) is 0 Å². The van der Waals surface area contributed by atoms with Crippen molar-refractivity contribution in [1.82, 2.24) is 0 Å². The van der Waals surface area contributed by atoms with Crippen LogP contribution in [-0.4, -0.2) is 24.3 Å². The van der Waals surface area contributed by atoms with Crippen molar-refractivity contribution < 1.29 is 28.2 Å². The minimum atomic E-state index is -2.98. The summed E-state index contributed by atoms with van der Waals surface area (Å²) in [6.45, 7) is -1.02. The van der Waals surface area contributed by atoms with E-state index in [9.17, 15) is 18.7 Å². The molecule has 0 saturated heterocycles. The number of alkyl halides is 2. The largest absolute Gasteiger partial charge is 0.508 e. The van der Waals surface area contributed by atoms with Gasteiger partial charge in [-0.1, -0.05) is 6.07 Å². The minimum Gasteiger partial charge on any atom is -0.508 e. The van der Waals surface area contributed by atoms with Crippen LogP contribution in [0.3, 0.4) is 0 Å². The van der Waals surface area contributed by atoms with Gasteiger partial charge in [0.2, 0.25) is 0 Å². The summed E-state index contributed by atoms with van der Waals surface area (Å²) in [5, 5.41) is 9.20. The number of aryl methyl sites for hydroxylation is 1. The highest BCUT2D eigenvalue weighted by molar-refractivity contribution is 5.69. The first-order valence-corrected chi connectivity index (χ1v) is 5.45. The van der Waals surface area contributed by atoms with Gasteiger partial charge in [0.05, 0.1) is 6.61 Å². The van der Waals surface area contributed by atoms with Crippen LogP contribution >= 0.6 is 0 Å². The van der Waals surface area contributed by atoms with Crippen molar-refractivity contribution in [2.75, 3.05) is 6.61 Å². The molecule has 1 aromatic carbocycles. The fraction of sp³-hybridized carbons (Fsp3) is 0.417. The quantitative estimate of drug-likeness (QED) is 0.798. The number of carbonyl (C=O) groups is 1. The number of phenolic OH excluding ortho intramolecular Hbond substituents is 1. The van der Waals surface area contributed by atoms with Gasteiger partial charge in [-0.25, -0.2) is 0 Å². The minimum absolute atomic E-state index is 0.0677. The second-order valence-electron chi connectivity index (χ2n) is 3.48. The maximum Gasteiger partial charge on any atom is 0.387 e. The fourth-order valence-electron chi connectivity index (χ4n) is 1.43. The Morgan fingerprint density at radius 2 is 2.17 bits per heavy atom. The zero-order valence-corrected chi connectivity index (χ0v) is 9.86. The Bertz CT molecular complexity index is 407. The molecule has 4 nitrogen and oxygen atoms in total. The van der Waals surface area contributed by atoms with E-state index >= 15 is 0 Å². The lowest BCUT2D eigenvalue weighted by Crippen LogP contribution is -2.08. The molecular formula is C12H14F2O4. The SMILES string of the molecule is CCOC(=O)CCc1ccc(O)cc1OC(F)F. The molecule has 0 unspecified atom stereocenters. The van der Waals surface area contributed by atoms with Crippen LogP contribution in [0, 0.1) is 0 Å². The second kappa shape index (κ2) is 6.78. The zero-order chi connectivity index (χ0) is 13.5. The Hall–Kier alpha value is -1.85. The maximum atomic E-state index is 12.2. The smallest absolute Gasteiger partial charge is 0.387 e. The van der Waals surface area contributed by atoms with E-state index in [1.54, 1.807) is 6.92 Å². The summed E-state index contributed by atoms with van der Waals surface area (Å²) < 4.78 is 33.3. The van der Waals surface area contributed by atoms with Crippen LogP contribution < -0.4 is 4.74 Å². The van der Waals surface area contributed by atoms with Crippen LogP contribution in [0.25, 0.3) is 0 Å². The average molecular weight is 260 g/mol. The number of halogens is 2. The molecule has 0 aliphatic heterocycles. The molecule has 0 aliphatic rings. The number of carbonyl (C=O) groups excluding carboxylic acids is 1. The Morgan fingerprint density at radius 1 is 1.44 bits per heavy atom. The fourth-order valence-corrected chi connectivity index (χ4v) is 1.43. The molecule has 0 amide bonds. The first kappa shape index (κ1) is 14.2. The molecule has 1 N–H and O–H groups in total. The van der Waals surface area contributed by atoms with Crippen molar-refractivity contribution in [2.24, 2.45) is 0 Å². The molecule has 0 bridgehead atoms. The summed E-state index contributed by atoms with van der Waals surface area (Å²) >= 11 is 0. The third-order valence-corrected chi connectivity index (χ3v) is 2.17. The molecule has 0 aromatic heterocycles. The van der Waals surface area contributed by atoms with Gasteiger partial charge in [-0.2, -0.15) is 8.78 Å². The molecule has 0 spiro atoms. The highest BCUT2D eigenvalue weighted by Gasteiger charge is 2.12. The third-order valence-electron chi connectivity index (χ3n) is 2.17. The van der Waals surface area contributed by atoms with Gasteiger partial charge >= 0.3 is 12.6 Å². The Kier molecular flexibility index (Phi) is 5.35. The normalized spacial score (nSPS) is 10.4. The zero-order valence-electron chi connectivity index (χ0n) is 9.86. The molecule has 18 heavy (non-hydrogen) atoms. The lowest BCUT2D eigenvalue weighted by atomic mass is 10.1. The maximum absolute atomic E-state index is 12.2. The van der Waals surface area contributed by atoms with Crippen molar-refractivity contribution in [1.29, 1.82) is 0 Å². The number of esters is 1. The van der Waals surface area contributed by atoms with Gasteiger partial charge in [0.25, 0.3) is 0 Å². The molecule has 0 radical (unpaired) electrons. The van der Waals surface area contributed by atoms with E-state index < -0.39 is 12.6 Å². The number of aromatic hydroxyl groups is 1. The molecule has 100 valence electrons. The molecule has 0 aliphatic carbocycles. The van der Waals surface area contributed by atoms with Gasteiger partial charge < -0.3 is 14.6 Å². The second-order valence-corrected chi connectivity index (χ2v) is 3.48. The predicted octanol–water partition coefficient (Wildman–Crippen LogP) is 2.49. The van der Waals surface area contributed by atoms with Gasteiger partial charge in [-0.05, 0) is 25.0 Å². The van der Waals surface area contributed by atoms with E-state index in [4.69, 9.17) is 4.74 Å². The van der Waals surface area contributed by atoms with Gasteiger partial charge in [0, 0.05) is 12.5 Å². The lowest BCUT2D eigenvalue weighted by molar-refractivity contribution is -0.143. The molecule has 0 saturated carbocycles. The summed E-state index contributed by atoms with van der Waals surface area (Å²) in [7, 11) is 0. The highest BCUT2D eigenvalue weighted by atomic mass is 19.3. The van der Waals surface area contributed by atoms with Gasteiger partial charge in [-0.3, -0.25) is 4.79 Å². The third kappa shape index (κ3) is 4.57. The monoisotopic (exact) mass is 260 g/mol. The summed E-state index contributed by atoms with van der Waals surface area (Å²) in [4.78, 5) is 11.2. The van der Waals surface area contributed by atoms with Crippen molar-refractivity contribution in [2.45, 2.75) is 26.4 Å². The van der Waals surface area contributed by atoms with Crippen molar-refractivity contribution in [3.05, 3.63) is 23.8 Å². The van der Waals surface area contributed by atoms with E-state index in [0.29, 0.717) is 5.56 Å². The highest BCUT2D eigenvalue weighted by Crippen LogP contribution is 2.26. The molecule has 1 rings (SSSR count). The molecule has 0 heterocycles. The van der Waals surface area contributed by atoms with Gasteiger partial charge in [-0.15, -0.1) is 0 Å². The van der Waals surface area contributed by atoms with E-state index in [2.05, 4.69) is 4.74 Å². The van der Waals surface area contributed by atoms with Gasteiger partial charge in [0.15, 0.2) is 0 Å². The number of rotatable bonds is 6. The average Bonchev–Trinajstić information content (AvgIpc) is 2.27. The summed E-state index contributed by atoms with van der Waals surface area (Å²) in [6, 6.07) is 3.87. The number of hydrogen-bond donors (Lipinski definition) is 1. The number of phenols is 1. The van der Waals surface area contributed by atoms with Crippen LogP contribution in [0.15, 0.2) is 18.2 Å². The summed E-state index contributed by atoms with van der Waals surface area (Å²) in [5.41, 5.74) is 0.418. The van der Waals surface area contributed by atoms with E-state index in [1.165, 1.54) is 12.1 Å². The van der Waals surface area contributed by atoms with Crippen LogP contribution in [0.4, 0.5) is 8.78 Å². The van der Waals surface area contributed by atoms with Crippen LogP contribution in [0.2, 0.25) is 0 Å². The van der Waals surface area contributed by atoms with Crippen molar-refractivity contribution in [3.8, 4) is 11.5 Å². The Labute approximate surface area is 103 Å². The number of hydrogen-bond acceptors (Lipinski definition) is 4. The molecule has 6 heteroatoms. The predicted molar refractivity (Wildman–Crippen MR) is 59.7 cm³/mol. The summed E-state index contributed by atoms with van der Waals surface area (Å²) in [5.74, 6) is -0.714. The standard InChI is InChI=1S/C12H14F2O4/c1-2-17-11(16)6-4-8-3-5-9(15)7-10(8)18-12(13)14/h3,5,7,12,15H,2,4,6H2,1H3. The van der Waals surface area contributed by atoms with E-state index in [-0.39, 0.29) is 30.9 Å². The lowest BCUT2D eigenvalue weighted by Gasteiger charge is -2.10. The molecule has 0 atom stereocenters. The number of benzene rings is 1. The first-order chi connectivity index (χ1) is 8.52.